The van der Waals surface area contributed by atoms with E-state index in [1.165, 1.54) is 0 Å². The van der Waals surface area contributed by atoms with Gasteiger partial charge in [-0.05, 0) is 37.1 Å². The Bertz CT molecular complexity index is 606. The predicted molar refractivity (Wildman–Crippen MR) is 79.2 cm³/mol. The second kappa shape index (κ2) is 5.03. The normalized spacial score (nSPS) is 26.6. The van der Waals surface area contributed by atoms with E-state index in [4.69, 9.17) is 11.5 Å². The van der Waals surface area contributed by atoms with Crippen molar-refractivity contribution in [2.75, 3.05) is 0 Å². The molecule has 1 aliphatic rings. The lowest BCUT2D eigenvalue weighted by Crippen LogP contribution is -2.54. The van der Waals surface area contributed by atoms with Crippen molar-refractivity contribution >= 4 is 17.2 Å². The van der Waals surface area contributed by atoms with Crippen LogP contribution >= 0.6 is 11.3 Å². The van der Waals surface area contributed by atoms with E-state index in [2.05, 4.69) is 15.6 Å². The van der Waals surface area contributed by atoms with Crippen LogP contribution in [0.15, 0.2) is 29.9 Å². The highest BCUT2D eigenvalue weighted by atomic mass is 32.1. The summed E-state index contributed by atoms with van der Waals surface area (Å²) in [7, 11) is 0. The molecule has 106 valence electrons. The molecule has 0 bridgehead atoms. The number of nitrogens with two attached hydrogens (primary N) is 2. The average Bonchev–Trinajstić information content (AvgIpc) is 3.09. The molecule has 1 saturated carbocycles. The minimum Gasteiger partial charge on any atom is -0.368 e. The predicted octanol–water partition coefficient (Wildman–Crippen LogP) is 1.91. The van der Waals surface area contributed by atoms with E-state index in [1.807, 2.05) is 17.6 Å². The van der Waals surface area contributed by atoms with Crippen molar-refractivity contribution in [3.8, 4) is 10.7 Å². The summed E-state index contributed by atoms with van der Waals surface area (Å²) in [5.41, 5.74) is 10.7. The van der Waals surface area contributed by atoms with Gasteiger partial charge in [-0.15, -0.1) is 11.3 Å². The van der Waals surface area contributed by atoms with E-state index >= 15 is 0 Å². The zero-order chi connectivity index (χ0) is 14.2. The van der Waals surface area contributed by atoms with Gasteiger partial charge in [-0.2, -0.15) is 0 Å². The topological polar surface area (TPSA) is 86.9 Å². The molecule has 1 aliphatic carbocycles. The SMILES string of the molecule is NC(=O)C1(N)CCCC(n2ccnc2-c2cccs2)C1. The molecule has 0 saturated heterocycles. The molecule has 2 aromatic heterocycles. The van der Waals surface area contributed by atoms with Crippen molar-refractivity contribution in [1.29, 1.82) is 0 Å². The van der Waals surface area contributed by atoms with Crippen LogP contribution in [0.1, 0.15) is 31.7 Å². The van der Waals surface area contributed by atoms with Crippen LogP contribution in [0.25, 0.3) is 10.7 Å². The van der Waals surface area contributed by atoms with Crippen molar-refractivity contribution < 1.29 is 4.79 Å². The quantitative estimate of drug-likeness (QED) is 0.905. The van der Waals surface area contributed by atoms with Gasteiger partial charge < -0.3 is 16.0 Å². The van der Waals surface area contributed by atoms with E-state index in [-0.39, 0.29) is 6.04 Å². The van der Waals surface area contributed by atoms with Gasteiger partial charge in [0, 0.05) is 18.4 Å². The highest BCUT2D eigenvalue weighted by Gasteiger charge is 2.38. The third-order valence-corrected chi connectivity index (χ3v) is 4.92. The Balaban J connectivity index is 1.91. The maximum Gasteiger partial charge on any atom is 0.237 e. The van der Waals surface area contributed by atoms with Crippen LogP contribution in [0.5, 0.6) is 0 Å². The molecule has 6 heteroatoms. The number of amides is 1. The molecule has 4 N–H and O–H groups in total. The third kappa shape index (κ3) is 2.25. The van der Waals surface area contributed by atoms with E-state index in [9.17, 15) is 4.79 Å². The van der Waals surface area contributed by atoms with Crippen LogP contribution < -0.4 is 11.5 Å². The molecule has 2 aromatic rings. The van der Waals surface area contributed by atoms with Crippen LogP contribution in [-0.4, -0.2) is 21.0 Å². The number of aromatic nitrogens is 2. The molecule has 5 nitrogen and oxygen atoms in total. The number of carbonyl (C=O) groups is 1. The van der Waals surface area contributed by atoms with E-state index in [0.29, 0.717) is 12.8 Å². The largest absolute Gasteiger partial charge is 0.368 e. The molecule has 0 aliphatic heterocycles. The van der Waals surface area contributed by atoms with E-state index in [0.717, 1.165) is 23.5 Å². The Morgan fingerprint density at radius 2 is 2.40 bits per heavy atom. The van der Waals surface area contributed by atoms with Gasteiger partial charge in [0.15, 0.2) is 0 Å². The van der Waals surface area contributed by atoms with Gasteiger partial charge in [0.1, 0.15) is 5.82 Å². The van der Waals surface area contributed by atoms with Crippen molar-refractivity contribution in [2.45, 2.75) is 37.3 Å². The van der Waals surface area contributed by atoms with E-state index < -0.39 is 11.4 Å². The Morgan fingerprint density at radius 3 is 3.10 bits per heavy atom. The smallest absolute Gasteiger partial charge is 0.237 e. The summed E-state index contributed by atoms with van der Waals surface area (Å²) in [4.78, 5) is 17.1. The molecule has 0 aromatic carbocycles. The zero-order valence-electron chi connectivity index (χ0n) is 11.2. The summed E-state index contributed by atoms with van der Waals surface area (Å²) in [6.07, 6.45) is 6.92. The fourth-order valence-electron chi connectivity index (χ4n) is 2.94. The first-order valence-corrected chi connectivity index (χ1v) is 7.64. The number of primary amides is 1. The Morgan fingerprint density at radius 1 is 1.55 bits per heavy atom. The van der Waals surface area contributed by atoms with Crippen LogP contribution in [0.3, 0.4) is 0 Å². The number of hydrogen-bond acceptors (Lipinski definition) is 4. The monoisotopic (exact) mass is 290 g/mol. The van der Waals surface area contributed by atoms with Crippen LogP contribution in [-0.2, 0) is 4.79 Å². The molecular formula is C14H18N4OS. The van der Waals surface area contributed by atoms with E-state index in [1.54, 1.807) is 17.5 Å². The van der Waals surface area contributed by atoms with Gasteiger partial charge in [-0.3, -0.25) is 4.79 Å². The standard InChI is InChI=1S/C14H18N4OS/c15-13(19)14(16)5-1-3-10(9-14)18-7-6-17-12(18)11-4-2-8-20-11/h2,4,6-8,10H,1,3,5,9,16H2,(H2,15,19). The fourth-order valence-corrected chi connectivity index (χ4v) is 3.67. The first-order valence-electron chi connectivity index (χ1n) is 6.76. The minimum atomic E-state index is -0.889. The first-order chi connectivity index (χ1) is 9.60. The molecule has 3 rings (SSSR count). The number of rotatable bonds is 3. The Hall–Kier alpha value is -1.66. The highest BCUT2D eigenvalue weighted by molar-refractivity contribution is 7.13. The van der Waals surface area contributed by atoms with Gasteiger partial charge >= 0.3 is 0 Å². The summed E-state index contributed by atoms with van der Waals surface area (Å²) in [6, 6.07) is 4.24. The molecule has 1 amide bonds. The van der Waals surface area contributed by atoms with Gasteiger partial charge in [0.25, 0.3) is 0 Å². The average molecular weight is 290 g/mol. The van der Waals surface area contributed by atoms with Gasteiger partial charge in [-0.25, -0.2) is 4.98 Å². The third-order valence-electron chi connectivity index (χ3n) is 4.05. The van der Waals surface area contributed by atoms with Crippen molar-refractivity contribution in [3.05, 3.63) is 29.9 Å². The number of imidazole rings is 1. The summed E-state index contributed by atoms with van der Waals surface area (Å²) in [5.74, 6) is 0.540. The molecular weight excluding hydrogens is 272 g/mol. The number of nitrogens with zero attached hydrogens (tertiary/aromatic N) is 2. The highest BCUT2D eigenvalue weighted by Crippen LogP contribution is 2.36. The van der Waals surface area contributed by atoms with Crippen molar-refractivity contribution in [1.82, 2.24) is 9.55 Å². The molecule has 0 radical (unpaired) electrons. The summed E-state index contributed by atoms with van der Waals surface area (Å²) in [5, 5.41) is 2.03. The summed E-state index contributed by atoms with van der Waals surface area (Å²) >= 11 is 1.66. The molecule has 2 atom stereocenters. The number of hydrogen-bond donors (Lipinski definition) is 2. The van der Waals surface area contributed by atoms with Crippen LogP contribution in [0, 0.1) is 0 Å². The summed E-state index contributed by atoms with van der Waals surface area (Å²) in [6.45, 7) is 0. The van der Waals surface area contributed by atoms with Gasteiger partial charge in [0.05, 0.1) is 10.4 Å². The maximum atomic E-state index is 11.6. The number of carbonyl (C=O) groups excluding carboxylic acids is 1. The van der Waals surface area contributed by atoms with Crippen molar-refractivity contribution in [2.24, 2.45) is 11.5 Å². The van der Waals surface area contributed by atoms with Gasteiger partial charge in [0.2, 0.25) is 5.91 Å². The Kier molecular flexibility index (Phi) is 3.35. The number of thiophene rings is 1. The molecule has 2 unspecified atom stereocenters. The Labute approximate surface area is 121 Å². The zero-order valence-corrected chi connectivity index (χ0v) is 12.0. The fraction of sp³-hybridized carbons (Fsp3) is 0.429. The van der Waals surface area contributed by atoms with Crippen LogP contribution in [0.4, 0.5) is 0 Å². The lowest BCUT2D eigenvalue weighted by atomic mass is 9.79. The second-order valence-corrected chi connectivity index (χ2v) is 6.35. The van der Waals surface area contributed by atoms with Crippen LogP contribution in [0.2, 0.25) is 0 Å². The van der Waals surface area contributed by atoms with Gasteiger partial charge in [-0.1, -0.05) is 6.07 Å². The first kappa shape index (κ1) is 13.3. The lowest BCUT2D eigenvalue weighted by Gasteiger charge is -2.36. The van der Waals surface area contributed by atoms with Crippen molar-refractivity contribution in [3.63, 3.8) is 0 Å². The second-order valence-electron chi connectivity index (χ2n) is 5.41. The molecule has 1 fully saturated rings. The molecule has 0 spiro atoms. The lowest BCUT2D eigenvalue weighted by molar-refractivity contribution is -0.124. The molecule has 20 heavy (non-hydrogen) atoms. The maximum absolute atomic E-state index is 11.6. The molecule has 2 heterocycles. The minimum absolute atomic E-state index is 0.181. The summed E-state index contributed by atoms with van der Waals surface area (Å²) < 4.78 is 2.13.